The number of ether oxygens (including phenoxy) is 2. The third kappa shape index (κ3) is 5.28. The molecule has 0 radical (unpaired) electrons. The minimum absolute atomic E-state index is 0.0917. The summed E-state index contributed by atoms with van der Waals surface area (Å²) in [6, 6.07) is 17.5. The Labute approximate surface area is 211 Å². The summed E-state index contributed by atoms with van der Waals surface area (Å²) in [5.74, 6) is 0.529. The molecule has 1 aliphatic rings. The second kappa shape index (κ2) is 10.7. The van der Waals surface area contributed by atoms with Crippen molar-refractivity contribution in [2.75, 3.05) is 37.7 Å². The van der Waals surface area contributed by atoms with Crippen molar-refractivity contribution in [3.8, 4) is 29.3 Å². The average Bonchev–Trinajstić information content (AvgIpc) is 3.63. The number of piperazine rings is 1. The molecule has 1 fully saturated rings. The summed E-state index contributed by atoms with van der Waals surface area (Å²) in [6.07, 6.45) is 3.00. The van der Waals surface area contributed by atoms with Crippen LogP contribution in [0.15, 0.2) is 75.9 Å². The third-order valence-corrected chi connectivity index (χ3v) is 5.64. The molecule has 0 aliphatic carbocycles. The van der Waals surface area contributed by atoms with Gasteiger partial charge in [-0.3, -0.25) is 4.79 Å². The maximum absolute atomic E-state index is 12.7. The third-order valence-electron chi connectivity index (χ3n) is 5.64. The molecule has 1 saturated heterocycles. The summed E-state index contributed by atoms with van der Waals surface area (Å²) in [7, 11) is 0. The smallest absolute Gasteiger partial charge is 0.344 e. The molecule has 3 aromatic heterocycles. The maximum atomic E-state index is 12.7. The number of carbonyl (C=O) groups is 2. The highest BCUT2D eigenvalue weighted by Crippen LogP contribution is 2.29. The minimum atomic E-state index is -0.711. The Hall–Kier alpha value is -5.11. The Bertz CT molecular complexity index is 1420. The normalized spacial score (nSPS) is 13.2. The van der Waals surface area contributed by atoms with E-state index >= 15 is 0 Å². The molecule has 1 amide bonds. The zero-order valence-corrected chi connectivity index (χ0v) is 19.6. The molecule has 0 unspecified atom stereocenters. The van der Waals surface area contributed by atoms with Crippen LogP contribution < -0.4 is 9.64 Å². The number of para-hydroxylation sites is 1. The Kier molecular flexibility index (Phi) is 6.80. The highest BCUT2D eigenvalue weighted by Gasteiger charge is 2.28. The van der Waals surface area contributed by atoms with Crippen molar-refractivity contribution in [1.82, 2.24) is 14.9 Å². The van der Waals surface area contributed by atoms with Gasteiger partial charge in [0.2, 0.25) is 17.5 Å². The number of nitriles is 1. The van der Waals surface area contributed by atoms with Crippen molar-refractivity contribution in [3.63, 3.8) is 0 Å². The van der Waals surface area contributed by atoms with Crippen LogP contribution in [0.3, 0.4) is 0 Å². The molecule has 4 heterocycles. The van der Waals surface area contributed by atoms with E-state index in [1.54, 1.807) is 47.4 Å². The summed E-state index contributed by atoms with van der Waals surface area (Å²) in [4.78, 5) is 37.1. The molecular weight excluding hydrogens is 478 g/mol. The minimum Gasteiger partial charge on any atom is -0.459 e. The molecule has 4 aromatic rings. The van der Waals surface area contributed by atoms with E-state index in [-0.39, 0.29) is 28.9 Å². The first-order chi connectivity index (χ1) is 18.1. The van der Waals surface area contributed by atoms with Gasteiger partial charge in [-0.25, -0.2) is 9.78 Å². The fraction of sp³-hybridized carbons (Fsp3) is 0.192. The predicted molar refractivity (Wildman–Crippen MR) is 129 cm³/mol. The standard InChI is InChI=1S/C26H21N5O6/c27-16-20-25(37-24(29-20)21-9-5-15-34-21)31-13-11-30(12-14-31)22(32)17-35-26(33)19-8-4-10-28-23(19)36-18-6-2-1-3-7-18/h1-10,15H,11-14,17H2. The van der Waals surface area contributed by atoms with Crippen molar-refractivity contribution in [1.29, 1.82) is 5.26 Å². The van der Waals surface area contributed by atoms with Gasteiger partial charge in [0.05, 0.1) is 6.26 Å². The quantitative estimate of drug-likeness (QED) is 0.348. The summed E-state index contributed by atoms with van der Waals surface area (Å²) in [5.41, 5.74) is 0.260. The number of rotatable bonds is 7. The molecule has 186 valence electrons. The fourth-order valence-electron chi connectivity index (χ4n) is 3.79. The number of oxazole rings is 1. The van der Waals surface area contributed by atoms with Gasteiger partial charge in [0.1, 0.15) is 17.4 Å². The first-order valence-corrected chi connectivity index (χ1v) is 11.4. The van der Waals surface area contributed by atoms with E-state index < -0.39 is 12.6 Å². The number of furan rings is 1. The largest absolute Gasteiger partial charge is 0.459 e. The van der Waals surface area contributed by atoms with E-state index in [0.717, 1.165) is 0 Å². The number of pyridine rings is 1. The van der Waals surface area contributed by atoms with Gasteiger partial charge in [0.15, 0.2) is 12.4 Å². The second-order valence-electron chi connectivity index (χ2n) is 7.98. The number of anilines is 1. The number of amides is 1. The van der Waals surface area contributed by atoms with Crippen LogP contribution in [0.1, 0.15) is 16.1 Å². The lowest BCUT2D eigenvalue weighted by Gasteiger charge is -2.34. The topological polar surface area (TPSA) is 135 Å². The summed E-state index contributed by atoms with van der Waals surface area (Å²) in [5, 5.41) is 9.46. The molecule has 0 bridgehead atoms. The SMILES string of the molecule is N#Cc1nc(-c2ccco2)oc1N1CCN(C(=O)COC(=O)c2cccnc2Oc2ccccc2)CC1. The van der Waals surface area contributed by atoms with E-state index in [4.69, 9.17) is 18.3 Å². The van der Waals surface area contributed by atoms with Crippen LogP contribution in [0.4, 0.5) is 5.88 Å². The number of benzene rings is 1. The Morgan fingerprint density at radius 3 is 2.57 bits per heavy atom. The monoisotopic (exact) mass is 499 g/mol. The van der Waals surface area contributed by atoms with E-state index in [0.29, 0.717) is 43.6 Å². The Balaban J connectivity index is 1.16. The Morgan fingerprint density at radius 2 is 1.84 bits per heavy atom. The molecule has 1 aliphatic heterocycles. The van der Waals surface area contributed by atoms with Gasteiger partial charge in [-0.15, -0.1) is 0 Å². The van der Waals surface area contributed by atoms with Crippen LogP contribution in [-0.4, -0.2) is 59.5 Å². The number of nitrogens with zero attached hydrogens (tertiary/aromatic N) is 5. The lowest BCUT2D eigenvalue weighted by atomic mass is 10.2. The average molecular weight is 499 g/mol. The van der Waals surface area contributed by atoms with Gasteiger partial charge in [-0.05, 0) is 36.4 Å². The van der Waals surface area contributed by atoms with Gasteiger partial charge in [0.25, 0.3) is 11.8 Å². The van der Waals surface area contributed by atoms with Gasteiger partial charge in [0, 0.05) is 32.4 Å². The van der Waals surface area contributed by atoms with Gasteiger partial charge < -0.3 is 28.1 Å². The number of carbonyl (C=O) groups excluding carboxylic acids is 2. The molecule has 5 rings (SSSR count). The maximum Gasteiger partial charge on any atom is 0.344 e. The van der Waals surface area contributed by atoms with Crippen LogP contribution in [0.5, 0.6) is 11.6 Å². The van der Waals surface area contributed by atoms with E-state index in [1.165, 1.54) is 18.5 Å². The van der Waals surface area contributed by atoms with Crippen molar-refractivity contribution < 1.29 is 27.9 Å². The van der Waals surface area contributed by atoms with Gasteiger partial charge >= 0.3 is 5.97 Å². The molecule has 11 heteroatoms. The first kappa shape index (κ1) is 23.6. The summed E-state index contributed by atoms with van der Waals surface area (Å²) < 4.78 is 22.0. The first-order valence-electron chi connectivity index (χ1n) is 11.4. The van der Waals surface area contributed by atoms with Crippen molar-refractivity contribution in [2.24, 2.45) is 0 Å². The summed E-state index contributed by atoms with van der Waals surface area (Å²) >= 11 is 0. The van der Waals surface area contributed by atoms with Crippen molar-refractivity contribution in [3.05, 3.63) is 78.3 Å². The highest BCUT2D eigenvalue weighted by atomic mass is 16.5. The molecule has 1 aromatic carbocycles. The van der Waals surface area contributed by atoms with Crippen LogP contribution in [0.2, 0.25) is 0 Å². The predicted octanol–water partition coefficient (Wildman–Crippen LogP) is 3.50. The number of hydrogen-bond donors (Lipinski definition) is 0. The van der Waals surface area contributed by atoms with Crippen LogP contribution in [-0.2, 0) is 9.53 Å². The van der Waals surface area contributed by atoms with Crippen molar-refractivity contribution in [2.45, 2.75) is 0 Å². The molecule has 0 N–H and O–H groups in total. The molecule has 0 spiro atoms. The molecule has 11 nitrogen and oxygen atoms in total. The number of hydrogen-bond acceptors (Lipinski definition) is 10. The van der Waals surface area contributed by atoms with E-state index in [1.807, 2.05) is 17.0 Å². The second-order valence-corrected chi connectivity index (χ2v) is 7.98. The molecular formula is C26H21N5O6. The molecule has 37 heavy (non-hydrogen) atoms. The van der Waals surface area contributed by atoms with Crippen LogP contribution in [0.25, 0.3) is 11.7 Å². The summed E-state index contributed by atoms with van der Waals surface area (Å²) in [6.45, 7) is 1.12. The zero-order chi connectivity index (χ0) is 25.6. The van der Waals surface area contributed by atoms with Crippen LogP contribution in [0, 0.1) is 11.3 Å². The van der Waals surface area contributed by atoms with Crippen LogP contribution >= 0.6 is 0 Å². The lowest BCUT2D eigenvalue weighted by Crippen LogP contribution is -2.50. The lowest BCUT2D eigenvalue weighted by molar-refractivity contribution is -0.134. The van der Waals surface area contributed by atoms with Gasteiger partial charge in [-0.2, -0.15) is 10.2 Å². The van der Waals surface area contributed by atoms with E-state index in [2.05, 4.69) is 9.97 Å². The van der Waals surface area contributed by atoms with Crippen molar-refractivity contribution >= 4 is 17.8 Å². The van der Waals surface area contributed by atoms with Gasteiger partial charge in [-0.1, -0.05) is 18.2 Å². The zero-order valence-electron chi connectivity index (χ0n) is 19.6. The molecule has 0 saturated carbocycles. The Morgan fingerprint density at radius 1 is 1.03 bits per heavy atom. The number of esters is 1. The highest BCUT2D eigenvalue weighted by molar-refractivity contribution is 5.93. The van der Waals surface area contributed by atoms with E-state index in [9.17, 15) is 14.9 Å². The number of aromatic nitrogens is 2. The fourth-order valence-corrected chi connectivity index (χ4v) is 3.79. The molecule has 0 atom stereocenters.